The summed E-state index contributed by atoms with van der Waals surface area (Å²) in [6.45, 7) is 3.20. The molecule has 18 heteroatoms. The van der Waals surface area contributed by atoms with Crippen molar-refractivity contribution in [3.8, 4) is 0 Å². The third kappa shape index (κ3) is 5.02. The molecule has 0 radical (unpaired) electrons. The van der Waals surface area contributed by atoms with Crippen LogP contribution in [0.4, 0.5) is 74.6 Å². The van der Waals surface area contributed by atoms with E-state index in [1.807, 2.05) is 0 Å². The molecule has 0 aromatic heterocycles. The van der Waals surface area contributed by atoms with E-state index in [4.69, 9.17) is 0 Å². The van der Waals surface area contributed by atoms with Crippen LogP contribution in [0, 0.1) is 0 Å². The first-order valence-corrected chi connectivity index (χ1v) is 18.1. The fourth-order valence-electron chi connectivity index (χ4n) is 2.34. The van der Waals surface area contributed by atoms with Crippen LogP contribution in [0.25, 0.3) is 0 Å². The van der Waals surface area contributed by atoms with E-state index in [1.54, 1.807) is 0 Å². The van der Waals surface area contributed by atoms with E-state index in [9.17, 15) is 74.6 Å². The first-order chi connectivity index (χ1) is 14.0. The van der Waals surface area contributed by atoms with Gasteiger partial charge in [0.1, 0.15) is 0 Å². The van der Waals surface area contributed by atoms with Crippen molar-refractivity contribution in [2.24, 2.45) is 0 Å². The molecule has 0 nitrogen and oxygen atoms in total. The van der Waals surface area contributed by atoms with Crippen LogP contribution in [0.2, 0.25) is 18.8 Å². The number of hydrogen-bond donors (Lipinski definition) is 0. The van der Waals surface area contributed by atoms with E-state index in [1.165, 1.54) is 9.88 Å². The zero-order valence-electron chi connectivity index (χ0n) is 16.3. The Morgan fingerprint density at radius 2 is 0.848 bits per heavy atom. The maximum atomic E-state index is 13.8. The molecule has 0 atom stereocenters. The summed E-state index contributed by atoms with van der Waals surface area (Å²) in [5.74, 6) is -55.8. The average Bonchev–Trinajstić information content (AvgIpc) is 2.58. The van der Waals surface area contributed by atoms with E-state index in [0.717, 1.165) is 6.08 Å². The molecule has 198 valence electrons. The van der Waals surface area contributed by atoms with Crippen molar-refractivity contribution < 1.29 is 74.6 Å². The SMILES string of the molecule is C=C[CH2][Sn]([CH3])([CH3])[CH2]CC(F)(F)C(F)(F)C(F)(F)C(F)(F)C(F)(F)C(F)(F)C(F)(F)C(F)(F)F. The Kier molecular flexibility index (Phi) is 8.61. The van der Waals surface area contributed by atoms with Crippen LogP contribution in [0.3, 0.4) is 0 Å². The van der Waals surface area contributed by atoms with Gasteiger partial charge >= 0.3 is 178 Å². The summed E-state index contributed by atoms with van der Waals surface area (Å²) in [4.78, 5) is 2.57. The Hall–Kier alpha value is -0.651. The summed E-state index contributed by atoms with van der Waals surface area (Å²) < 4.78 is 223. The molecule has 0 aliphatic carbocycles. The summed E-state index contributed by atoms with van der Waals surface area (Å²) in [5.41, 5.74) is 0. The van der Waals surface area contributed by atoms with E-state index >= 15 is 0 Å². The molecule has 0 fully saturated rings. The van der Waals surface area contributed by atoms with Gasteiger partial charge in [0.25, 0.3) is 0 Å². The molecule has 0 amide bonds. The van der Waals surface area contributed by atoms with E-state index in [-0.39, 0.29) is 4.44 Å². The summed E-state index contributed by atoms with van der Waals surface area (Å²) >= 11 is -3.75. The molecule has 0 aliphatic rings. The first kappa shape index (κ1) is 32.3. The van der Waals surface area contributed by atoms with Crippen LogP contribution in [0.5, 0.6) is 0 Å². The van der Waals surface area contributed by atoms with Crippen molar-refractivity contribution in [2.75, 3.05) is 0 Å². The Morgan fingerprint density at radius 1 is 0.545 bits per heavy atom. The second-order valence-corrected chi connectivity index (χ2v) is 22.8. The molecule has 0 N–H and O–H groups in total. The van der Waals surface area contributed by atoms with Gasteiger partial charge in [0.15, 0.2) is 0 Å². The fourth-order valence-corrected chi connectivity index (χ4v) is 7.98. The molecule has 0 aromatic carbocycles. The molecule has 0 rings (SSSR count). The van der Waals surface area contributed by atoms with Crippen LogP contribution in [-0.4, -0.2) is 66.0 Å². The van der Waals surface area contributed by atoms with Gasteiger partial charge in [0, 0.05) is 0 Å². The van der Waals surface area contributed by atoms with Crippen molar-refractivity contribution in [2.45, 2.75) is 72.8 Å². The molecule has 0 bridgehead atoms. The molecule has 0 heterocycles. The van der Waals surface area contributed by atoms with Gasteiger partial charge in [-0.3, -0.25) is 0 Å². The van der Waals surface area contributed by atoms with Crippen molar-refractivity contribution in [3.05, 3.63) is 12.7 Å². The normalized spacial score (nSPS) is 16.2. The molecule has 0 aliphatic heterocycles. The molecule has 0 saturated carbocycles. The summed E-state index contributed by atoms with van der Waals surface area (Å²) in [5, 5.41) is 0. The van der Waals surface area contributed by atoms with Crippen LogP contribution in [0.15, 0.2) is 12.7 Å². The van der Waals surface area contributed by atoms with Gasteiger partial charge in [-0.2, -0.15) is 0 Å². The van der Waals surface area contributed by atoms with E-state index in [2.05, 4.69) is 6.58 Å². The zero-order valence-corrected chi connectivity index (χ0v) is 19.2. The Labute approximate surface area is 179 Å². The predicted octanol–water partition coefficient (Wildman–Crippen LogP) is 8.28. The number of rotatable bonds is 11. The quantitative estimate of drug-likeness (QED) is 0.122. The maximum absolute atomic E-state index is 13.8. The average molecular weight is 637 g/mol. The Bertz CT molecular complexity index is 704. The minimum absolute atomic E-state index is 0.0281. The summed E-state index contributed by atoms with van der Waals surface area (Å²) in [6, 6.07) is 0. The Morgan fingerprint density at radius 3 is 1.15 bits per heavy atom. The monoisotopic (exact) mass is 638 g/mol. The number of halogens is 17. The molecule has 33 heavy (non-hydrogen) atoms. The molecular weight excluding hydrogens is 622 g/mol. The molecular formula is C15H15F17Sn. The summed E-state index contributed by atoms with van der Waals surface area (Å²) in [6.07, 6.45) is -8.94. The topological polar surface area (TPSA) is 0 Å². The third-order valence-corrected chi connectivity index (χ3v) is 13.2. The van der Waals surface area contributed by atoms with Gasteiger partial charge in [-0.15, -0.1) is 0 Å². The molecule has 0 unspecified atom stereocenters. The first-order valence-electron chi connectivity index (χ1n) is 8.34. The second-order valence-electron chi connectivity index (χ2n) is 7.81. The number of alkyl halides is 17. The van der Waals surface area contributed by atoms with Gasteiger partial charge < -0.3 is 0 Å². The summed E-state index contributed by atoms with van der Waals surface area (Å²) in [7, 11) is 0. The second kappa shape index (κ2) is 8.78. The van der Waals surface area contributed by atoms with E-state index in [0.29, 0.717) is 0 Å². The predicted molar refractivity (Wildman–Crippen MR) is 82.6 cm³/mol. The molecule has 0 aromatic rings. The van der Waals surface area contributed by atoms with Gasteiger partial charge in [-0.1, -0.05) is 0 Å². The van der Waals surface area contributed by atoms with Gasteiger partial charge in [-0.25, -0.2) is 0 Å². The standard InChI is InChI=1S/C10H4F17.C3H5.2CH3.Sn/c1-2-3(11,12)4(13,14)5(15,16)6(17,18)7(19,20)8(21,22)9(23,24)10(25,26)27;1-3-2;;;/h1-2H2;3H,1-2H2;2*1H3;. The van der Waals surface area contributed by atoms with Gasteiger partial charge in [0.05, 0.1) is 0 Å². The van der Waals surface area contributed by atoms with Crippen molar-refractivity contribution in [1.82, 2.24) is 0 Å². The van der Waals surface area contributed by atoms with Crippen molar-refractivity contribution in [1.29, 1.82) is 0 Å². The van der Waals surface area contributed by atoms with Crippen LogP contribution in [-0.2, 0) is 0 Å². The minimum atomic E-state index is -8.58. The molecule has 0 spiro atoms. The number of hydrogen-bond acceptors (Lipinski definition) is 0. The van der Waals surface area contributed by atoms with Crippen molar-refractivity contribution in [3.63, 3.8) is 0 Å². The molecule has 0 saturated heterocycles. The zero-order chi connectivity index (χ0) is 27.3. The van der Waals surface area contributed by atoms with Crippen LogP contribution >= 0.6 is 0 Å². The Balaban J connectivity index is 6.50. The van der Waals surface area contributed by atoms with Gasteiger partial charge in [-0.05, 0) is 0 Å². The van der Waals surface area contributed by atoms with Gasteiger partial charge in [0.2, 0.25) is 0 Å². The fraction of sp³-hybridized carbons (Fsp3) is 0.867. The van der Waals surface area contributed by atoms with Crippen LogP contribution < -0.4 is 0 Å². The van der Waals surface area contributed by atoms with Crippen LogP contribution in [0.1, 0.15) is 6.42 Å². The van der Waals surface area contributed by atoms with Crippen molar-refractivity contribution >= 4 is 18.4 Å². The third-order valence-electron chi connectivity index (χ3n) is 4.60. The van der Waals surface area contributed by atoms with E-state index < -0.39 is 76.9 Å². The number of allylic oxidation sites excluding steroid dienone is 1.